The molecule has 0 aromatic heterocycles. The molecule has 0 atom stereocenters. The van der Waals surface area contributed by atoms with Crippen LogP contribution in [-0.2, 0) is 90.3 Å². The first-order valence-electron chi connectivity index (χ1n) is 36.8. The first-order chi connectivity index (χ1) is 52.2. The molecule has 2 radical (unpaired) electrons. The number of rotatable bonds is 13. The largest absolute Gasteiger partial charge is 1.00 e. The smallest absolute Gasteiger partial charge is 0.702 e. The van der Waals surface area contributed by atoms with E-state index in [1.807, 2.05) is 60.3 Å². The third-order valence-corrected chi connectivity index (χ3v) is 20.8. The molecule has 4 heterocycles. The normalized spacial score (nSPS) is 15.6. The van der Waals surface area contributed by atoms with Gasteiger partial charge in [-0.3, -0.25) is 19.2 Å². The fraction of sp³-hybridized carbons (Fsp3) is 0.662. The number of benzene rings is 3. The number of nitrogens with one attached hydrogen (secondary N) is 2. The van der Waals surface area contributed by atoms with Gasteiger partial charge >= 0.3 is 66.4 Å². The van der Waals surface area contributed by atoms with Crippen LogP contribution >= 0.6 is 10.7 Å². The molecule has 0 unspecified atom stereocenters. The molecular weight excluding hydrogens is 1640 g/mol. The third-order valence-electron chi connectivity index (χ3n) is 15.2. The van der Waals surface area contributed by atoms with Crippen molar-refractivity contribution >= 4 is 89.4 Å². The zero-order chi connectivity index (χ0) is 89.4. The van der Waals surface area contributed by atoms with E-state index in [9.17, 15) is 93.5 Å². The first-order valence-corrected chi connectivity index (χ1v) is 42.0. The number of aliphatic carboxylic acids is 1. The summed E-state index contributed by atoms with van der Waals surface area (Å²) in [4.78, 5) is 79.1. The van der Waals surface area contributed by atoms with Gasteiger partial charge in [-0.05, 0) is 202 Å². The van der Waals surface area contributed by atoms with Gasteiger partial charge in [-0.25, -0.2) is 39.6 Å². The number of ether oxygens (including phenoxy) is 3. The molecular formula is C74H116BClF9N8NaO19S3. The molecule has 27 nitrogen and oxygen atoms in total. The maximum atomic E-state index is 13.2. The van der Waals surface area contributed by atoms with Crippen LogP contribution in [0.25, 0.3) is 0 Å². The van der Waals surface area contributed by atoms with Crippen molar-refractivity contribution in [3.63, 3.8) is 0 Å². The maximum absolute atomic E-state index is 13.2. The van der Waals surface area contributed by atoms with E-state index < -0.39 is 122 Å². The number of ketones is 1. The van der Waals surface area contributed by atoms with Crippen LogP contribution < -0.4 is 45.9 Å². The first kappa shape index (κ1) is 112. The fourth-order valence-electron chi connectivity index (χ4n) is 10.7. The van der Waals surface area contributed by atoms with Crippen molar-refractivity contribution in [2.24, 2.45) is 5.73 Å². The Kier molecular flexibility index (Phi) is 48.5. The Morgan fingerprint density at radius 3 is 1.06 bits per heavy atom. The minimum absolute atomic E-state index is 0. The number of piperidine rings is 4. The molecule has 4 aliphatic rings. The Hall–Kier alpha value is -6.08. The molecule has 4 fully saturated rings. The van der Waals surface area contributed by atoms with Crippen molar-refractivity contribution in [1.82, 2.24) is 33.9 Å². The summed E-state index contributed by atoms with van der Waals surface area (Å²) >= 11 is 0. The van der Waals surface area contributed by atoms with Gasteiger partial charge in [-0.2, -0.15) is 48.1 Å². The van der Waals surface area contributed by atoms with Crippen molar-refractivity contribution in [3.05, 3.63) is 89.5 Å². The molecule has 4 saturated heterocycles. The van der Waals surface area contributed by atoms with Crippen molar-refractivity contribution in [3.8, 4) is 0 Å². The minimum atomic E-state index is -4.63. The number of carbonyl (C=O) groups excluding carboxylic acids is 6. The fourth-order valence-corrected chi connectivity index (χ4v) is 15.3. The maximum Gasteiger partial charge on any atom is 1.00 e. The molecule has 42 heteroatoms. The van der Waals surface area contributed by atoms with E-state index in [-0.39, 0.29) is 69.4 Å². The second-order valence-electron chi connectivity index (χ2n) is 30.7. The SMILES string of the molecule is CC(=O)O.CC(=O)O[B-]OC(C)=O.CC(C)(C)OC(=O)N1CCC(=O)CC1.CC(C)N.CC(C)N(C1CCN(C(=O)OC(C)(C)C)CC1)S(=O)(=O)c1cccc(C(F)(F)F)c1.CC(C)N(C1CCNCC1)S(=O)(=O)c1cccc(C(F)(F)F)c1.CC(C)NC1CCN(C(=O)OC(C)(C)C)CC1.O=S(=O)(Cl)c1cccc(C(F)(F)F)c1.[Na+]. The number of amides is 3. The van der Waals surface area contributed by atoms with Gasteiger partial charge in [0.25, 0.3) is 27.0 Å². The van der Waals surface area contributed by atoms with Crippen LogP contribution in [0, 0.1) is 0 Å². The van der Waals surface area contributed by atoms with Gasteiger partial charge in [0, 0.05) is 120 Å². The molecule has 116 heavy (non-hydrogen) atoms. The van der Waals surface area contributed by atoms with Crippen LogP contribution in [-0.4, -0.2) is 215 Å². The Morgan fingerprint density at radius 1 is 0.517 bits per heavy atom. The van der Waals surface area contributed by atoms with Crippen molar-refractivity contribution in [2.75, 3.05) is 52.4 Å². The Bertz CT molecular complexity index is 3880. The van der Waals surface area contributed by atoms with Gasteiger partial charge in [0.2, 0.25) is 20.0 Å². The Labute approximate surface area is 705 Å². The van der Waals surface area contributed by atoms with Crippen LogP contribution in [0.5, 0.6) is 0 Å². The molecule has 4 aliphatic heterocycles. The molecule has 0 bridgehead atoms. The number of carboxylic acid groups (broad SMARTS) is 1. The van der Waals surface area contributed by atoms with Gasteiger partial charge in [-0.1, -0.05) is 45.9 Å². The number of halogens is 10. The molecule has 3 aromatic rings. The number of hydrogen-bond donors (Lipinski definition) is 4. The Balaban J connectivity index is 0. The number of likely N-dealkylation sites (tertiary alicyclic amines) is 3. The van der Waals surface area contributed by atoms with E-state index >= 15 is 0 Å². The molecule has 7 rings (SSSR count). The van der Waals surface area contributed by atoms with Crippen LogP contribution in [0.2, 0.25) is 0 Å². The summed E-state index contributed by atoms with van der Waals surface area (Å²) in [5, 5.41) is 14.1. The third kappa shape index (κ3) is 46.5. The quantitative estimate of drug-likeness (QED) is 0.0534. The predicted molar refractivity (Wildman–Crippen MR) is 415 cm³/mol. The number of Topliss-reactive ketones (excluding diaryl/α,β-unsaturated/α-hetero) is 1. The van der Waals surface area contributed by atoms with E-state index in [2.05, 4.69) is 33.8 Å². The molecule has 0 spiro atoms. The summed E-state index contributed by atoms with van der Waals surface area (Å²) in [6.45, 7) is 39.6. The van der Waals surface area contributed by atoms with E-state index in [0.717, 1.165) is 75.3 Å². The summed E-state index contributed by atoms with van der Waals surface area (Å²) in [5.74, 6) is -1.64. The summed E-state index contributed by atoms with van der Waals surface area (Å²) < 4.78 is 214. The van der Waals surface area contributed by atoms with Crippen LogP contribution in [0.15, 0.2) is 87.5 Å². The second-order valence-corrected chi connectivity index (χ2v) is 37.0. The van der Waals surface area contributed by atoms with Gasteiger partial charge < -0.3 is 59.7 Å². The van der Waals surface area contributed by atoms with Gasteiger partial charge in [0.15, 0.2) is 0 Å². The molecule has 0 aliphatic carbocycles. The molecule has 3 amide bonds. The number of nitrogens with two attached hydrogens (primary N) is 1. The van der Waals surface area contributed by atoms with Crippen LogP contribution in [0.1, 0.15) is 207 Å². The summed E-state index contributed by atoms with van der Waals surface area (Å²) in [5.41, 5.74) is 0.617. The Morgan fingerprint density at radius 2 is 0.793 bits per heavy atom. The summed E-state index contributed by atoms with van der Waals surface area (Å²) in [6, 6.07) is 10.9. The minimum Gasteiger partial charge on any atom is -0.702 e. The predicted octanol–water partition coefficient (Wildman–Crippen LogP) is 11.1. The topological polar surface area (TPSA) is 355 Å². The second kappa shape index (κ2) is 50.2. The molecule has 3 aromatic carbocycles. The summed E-state index contributed by atoms with van der Waals surface area (Å²) in [7, 11) is -6.66. The standard InChI is InChI=1S/C20H29F3N2O4S.C15H21F3N2O2S.C13H26N2O2.C10H17NO3.C7H4ClF3O2S.C4H6BO4.C3H9N.C2H4O2.Na/c1-14(2)25(16-9-11-24(12-10-16)18(26)29-19(3,4)5)30(27,28)17-8-6-7-15(13-17)20(21,22)23;1-11(2)20(13-6-8-19-9-7-13)23(21,22)14-5-3-4-12(10-14)15(16,17)18;1-10(2)14-11-6-8-15(9-7-11)12(16)17-13(3,4)5;1-10(2,3)14-9(13)11-6-4-8(12)5-7-11;8-14(12,13)6-3-1-2-5(4-6)7(9,10)11;1-3(6)8-5-9-4(2)7;1-3(2)4;1-2(3)4;/h6-8,13-14,16H,9-12H2,1-5H3;3-5,10-11,13,19H,6-9H2,1-2H3;10-11,14H,6-9H2,1-5H3;4-7H2,1-3H3;1-4H;1-2H3;3H,4H2,1-2H3;1H3,(H,3,4);/q;;;;;-1;;;+1. The van der Waals surface area contributed by atoms with E-state index in [0.29, 0.717) is 122 Å². The van der Waals surface area contributed by atoms with Crippen molar-refractivity contribution < 1.29 is 157 Å². The van der Waals surface area contributed by atoms with E-state index in [4.69, 9.17) is 40.5 Å². The van der Waals surface area contributed by atoms with E-state index in [1.54, 1.807) is 53.4 Å². The van der Waals surface area contributed by atoms with Crippen molar-refractivity contribution in [1.29, 1.82) is 0 Å². The van der Waals surface area contributed by atoms with Crippen molar-refractivity contribution in [2.45, 2.75) is 282 Å². The number of sulfonamides is 2. The average Bonchev–Trinajstić information content (AvgIpc) is 0.780. The number of alkyl halides is 9. The van der Waals surface area contributed by atoms with Gasteiger partial charge in [0.1, 0.15) is 30.3 Å². The number of hydrogen-bond acceptors (Lipinski definition) is 21. The molecule has 0 saturated carbocycles. The number of carboxylic acids is 1. The zero-order valence-corrected chi connectivity index (χ0v) is 75.2. The average molecular weight is 1760 g/mol. The van der Waals surface area contributed by atoms with Crippen LogP contribution in [0.4, 0.5) is 53.9 Å². The van der Waals surface area contributed by atoms with Gasteiger partial charge in [0.05, 0.1) is 31.4 Å². The zero-order valence-electron chi connectivity index (χ0n) is 70.0. The summed E-state index contributed by atoms with van der Waals surface area (Å²) in [6.07, 6.45) is -9.75. The van der Waals surface area contributed by atoms with Crippen LogP contribution in [0.3, 0.4) is 0 Å². The van der Waals surface area contributed by atoms with E-state index in [1.165, 1.54) is 39.5 Å². The number of carbonyl (C=O) groups is 7. The van der Waals surface area contributed by atoms with Gasteiger partial charge in [-0.15, -0.1) is 0 Å². The monoisotopic (exact) mass is 1760 g/mol. The number of nitrogens with zero attached hydrogens (tertiary/aromatic N) is 5. The molecule has 5 N–H and O–H groups in total. The molecule has 658 valence electrons.